The second kappa shape index (κ2) is 11.6. The first-order valence-corrected chi connectivity index (χ1v) is 11.6. The van der Waals surface area contributed by atoms with Crippen molar-refractivity contribution in [2.45, 2.75) is 13.0 Å². The van der Waals surface area contributed by atoms with Crippen LogP contribution in [0.1, 0.15) is 27.0 Å². The topological polar surface area (TPSA) is 124 Å². The van der Waals surface area contributed by atoms with Crippen LogP contribution in [0.4, 0.5) is 0 Å². The molecular weight excluding hydrogens is 470 g/mol. The molecule has 0 radical (unpaired) electrons. The molecule has 37 heavy (non-hydrogen) atoms. The van der Waals surface area contributed by atoms with E-state index in [1.165, 1.54) is 25.3 Å². The molecule has 0 saturated carbocycles. The van der Waals surface area contributed by atoms with E-state index in [1.807, 2.05) is 36.5 Å². The Kier molecular flexibility index (Phi) is 7.86. The minimum Gasteiger partial charge on any atom is -0.493 e. The van der Waals surface area contributed by atoms with Crippen LogP contribution >= 0.6 is 0 Å². The van der Waals surface area contributed by atoms with Gasteiger partial charge in [0.2, 0.25) is 0 Å². The molecule has 4 rings (SSSR count). The standard InChI is InChI=1S/C29H25N3O5/c1-36-26-11-5-7-20(27(26)37-18-19-6-4-8-21(14-19)29(34)35)15-23(16-30)28(33)31-13-12-22-17-32-25-10-3-2-9-24(22)25/h2-11,14-15,17,32H,12-13,18H2,1H3,(H,31,33)(H,34,35)/b23-15-. The Bertz CT molecular complexity index is 1510. The predicted molar refractivity (Wildman–Crippen MR) is 139 cm³/mol. The molecule has 1 aromatic heterocycles. The Morgan fingerprint density at radius 2 is 1.92 bits per heavy atom. The van der Waals surface area contributed by atoms with Gasteiger partial charge in [-0.2, -0.15) is 5.26 Å². The highest BCUT2D eigenvalue weighted by Gasteiger charge is 2.15. The lowest BCUT2D eigenvalue weighted by molar-refractivity contribution is -0.117. The fraction of sp³-hybridized carbons (Fsp3) is 0.138. The van der Waals surface area contributed by atoms with Crippen molar-refractivity contribution in [2.24, 2.45) is 0 Å². The van der Waals surface area contributed by atoms with Crippen LogP contribution in [-0.2, 0) is 17.8 Å². The van der Waals surface area contributed by atoms with Gasteiger partial charge in [-0.15, -0.1) is 0 Å². The van der Waals surface area contributed by atoms with E-state index in [9.17, 15) is 20.0 Å². The zero-order valence-corrected chi connectivity index (χ0v) is 20.2. The molecule has 1 amide bonds. The minimum atomic E-state index is -1.03. The molecule has 8 nitrogen and oxygen atoms in total. The largest absolute Gasteiger partial charge is 0.493 e. The number of aromatic nitrogens is 1. The number of carbonyl (C=O) groups excluding carboxylic acids is 1. The van der Waals surface area contributed by atoms with E-state index < -0.39 is 11.9 Å². The fourth-order valence-corrected chi connectivity index (χ4v) is 3.96. The van der Waals surface area contributed by atoms with Crippen molar-refractivity contribution in [2.75, 3.05) is 13.7 Å². The number of hydrogen-bond acceptors (Lipinski definition) is 5. The number of carboxylic acids is 1. The first-order valence-electron chi connectivity index (χ1n) is 11.6. The Labute approximate surface area is 213 Å². The number of carbonyl (C=O) groups is 2. The normalized spacial score (nSPS) is 11.1. The van der Waals surface area contributed by atoms with Gasteiger partial charge < -0.3 is 24.9 Å². The molecule has 1 heterocycles. The zero-order valence-electron chi connectivity index (χ0n) is 20.2. The highest BCUT2D eigenvalue weighted by Crippen LogP contribution is 2.33. The predicted octanol–water partition coefficient (Wildman–Crippen LogP) is 4.72. The van der Waals surface area contributed by atoms with E-state index in [1.54, 1.807) is 30.3 Å². The quantitative estimate of drug-likeness (QED) is 0.216. The van der Waals surface area contributed by atoms with Crippen LogP contribution in [0.3, 0.4) is 0 Å². The molecule has 186 valence electrons. The maximum Gasteiger partial charge on any atom is 0.335 e. The van der Waals surface area contributed by atoms with Gasteiger partial charge in [0.25, 0.3) is 5.91 Å². The van der Waals surface area contributed by atoms with E-state index in [0.717, 1.165) is 16.5 Å². The van der Waals surface area contributed by atoms with E-state index in [4.69, 9.17) is 9.47 Å². The summed E-state index contributed by atoms with van der Waals surface area (Å²) >= 11 is 0. The van der Waals surface area contributed by atoms with Crippen LogP contribution in [0.15, 0.2) is 78.5 Å². The Hall–Kier alpha value is -5.03. The number of ether oxygens (including phenoxy) is 2. The zero-order chi connectivity index (χ0) is 26.2. The Balaban J connectivity index is 1.48. The molecule has 0 bridgehead atoms. The van der Waals surface area contributed by atoms with Gasteiger partial charge in [-0.05, 0) is 47.9 Å². The molecule has 0 unspecified atom stereocenters. The Morgan fingerprint density at radius 3 is 2.70 bits per heavy atom. The van der Waals surface area contributed by atoms with E-state index in [2.05, 4.69) is 10.3 Å². The minimum absolute atomic E-state index is 0.0705. The van der Waals surface area contributed by atoms with Crippen molar-refractivity contribution in [1.82, 2.24) is 10.3 Å². The van der Waals surface area contributed by atoms with Gasteiger partial charge in [-0.25, -0.2) is 4.79 Å². The van der Waals surface area contributed by atoms with Gasteiger partial charge in [-0.3, -0.25) is 4.79 Å². The number of nitrogens with one attached hydrogen (secondary N) is 2. The summed E-state index contributed by atoms with van der Waals surface area (Å²) in [4.78, 5) is 27.3. The van der Waals surface area contributed by atoms with Gasteiger partial charge in [0.15, 0.2) is 11.5 Å². The average molecular weight is 496 g/mol. The van der Waals surface area contributed by atoms with Crippen molar-refractivity contribution in [3.05, 3.63) is 101 Å². The highest BCUT2D eigenvalue weighted by atomic mass is 16.5. The molecule has 4 aromatic rings. The first-order chi connectivity index (χ1) is 18.0. The van der Waals surface area contributed by atoms with Gasteiger partial charge in [0, 0.05) is 29.2 Å². The van der Waals surface area contributed by atoms with Crippen LogP contribution in [0.5, 0.6) is 11.5 Å². The molecular formula is C29H25N3O5. The fourth-order valence-electron chi connectivity index (χ4n) is 3.96. The third-order valence-corrected chi connectivity index (χ3v) is 5.81. The number of aromatic carboxylic acids is 1. The highest BCUT2D eigenvalue weighted by molar-refractivity contribution is 6.02. The lowest BCUT2D eigenvalue weighted by Crippen LogP contribution is -2.26. The molecule has 0 aliphatic carbocycles. The summed E-state index contributed by atoms with van der Waals surface area (Å²) < 4.78 is 11.4. The molecule has 0 aliphatic heterocycles. The number of benzene rings is 3. The maximum atomic E-state index is 12.8. The number of methoxy groups -OCH3 is 1. The smallest absolute Gasteiger partial charge is 0.335 e. The number of rotatable bonds is 10. The number of para-hydroxylation sites is 2. The van der Waals surface area contributed by atoms with Gasteiger partial charge in [0.05, 0.1) is 12.7 Å². The lowest BCUT2D eigenvalue weighted by Gasteiger charge is -2.14. The third kappa shape index (κ3) is 5.97. The van der Waals surface area contributed by atoms with Crippen molar-refractivity contribution in [3.63, 3.8) is 0 Å². The number of nitrogens with zero attached hydrogens (tertiary/aromatic N) is 1. The maximum absolute atomic E-state index is 12.8. The number of fused-ring (bicyclic) bond motifs is 1. The van der Waals surface area contributed by atoms with Gasteiger partial charge in [0.1, 0.15) is 18.2 Å². The van der Waals surface area contributed by atoms with Crippen LogP contribution < -0.4 is 14.8 Å². The molecule has 0 atom stereocenters. The average Bonchev–Trinajstić information content (AvgIpc) is 3.33. The number of hydrogen-bond donors (Lipinski definition) is 3. The lowest BCUT2D eigenvalue weighted by atomic mass is 10.1. The summed E-state index contributed by atoms with van der Waals surface area (Å²) in [5, 5.41) is 22.8. The van der Waals surface area contributed by atoms with E-state index >= 15 is 0 Å². The summed E-state index contributed by atoms with van der Waals surface area (Å²) in [6, 6.07) is 21.4. The summed E-state index contributed by atoms with van der Waals surface area (Å²) in [7, 11) is 1.49. The molecule has 3 aromatic carbocycles. The summed E-state index contributed by atoms with van der Waals surface area (Å²) in [5.41, 5.74) is 3.31. The Morgan fingerprint density at radius 1 is 1.11 bits per heavy atom. The monoisotopic (exact) mass is 495 g/mol. The summed E-state index contributed by atoms with van der Waals surface area (Å²) in [6.45, 7) is 0.433. The van der Waals surface area contributed by atoms with E-state index in [0.29, 0.717) is 35.6 Å². The molecule has 0 spiro atoms. The third-order valence-electron chi connectivity index (χ3n) is 5.81. The number of amides is 1. The van der Waals surface area contributed by atoms with E-state index in [-0.39, 0.29) is 17.7 Å². The second-order valence-electron chi connectivity index (χ2n) is 8.21. The van der Waals surface area contributed by atoms with Crippen LogP contribution in [0.25, 0.3) is 17.0 Å². The van der Waals surface area contributed by atoms with Crippen molar-refractivity contribution in [3.8, 4) is 17.6 Å². The van der Waals surface area contributed by atoms with Crippen LogP contribution in [0.2, 0.25) is 0 Å². The first kappa shape index (κ1) is 25.1. The molecule has 0 saturated heterocycles. The molecule has 8 heteroatoms. The van der Waals surface area contributed by atoms with Gasteiger partial charge in [-0.1, -0.05) is 42.5 Å². The molecule has 0 fully saturated rings. The van der Waals surface area contributed by atoms with Crippen molar-refractivity contribution >= 4 is 28.9 Å². The summed E-state index contributed by atoms with van der Waals surface area (Å²) in [6.07, 6.45) is 3.98. The van der Waals surface area contributed by atoms with Crippen LogP contribution in [-0.4, -0.2) is 35.6 Å². The van der Waals surface area contributed by atoms with Crippen LogP contribution in [0, 0.1) is 11.3 Å². The van der Waals surface area contributed by atoms with Crippen molar-refractivity contribution in [1.29, 1.82) is 5.26 Å². The molecule has 3 N–H and O–H groups in total. The number of carboxylic acid groups (broad SMARTS) is 1. The SMILES string of the molecule is COc1cccc(/C=C(/C#N)C(=O)NCCc2c[nH]c3ccccc23)c1OCc1cccc(C(=O)O)c1. The van der Waals surface area contributed by atoms with Gasteiger partial charge >= 0.3 is 5.97 Å². The number of nitriles is 1. The second-order valence-corrected chi connectivity index (χ2v) is 8.21. The number of aromatic amines is 1. The van der Waals surface area contributed by atoms with Crippen molar-refractivity contribution < 1.29 is 24.2 Å². The molecule has 0 aliphatic rings. The number of H-pyrrole nitrogens is 1. The summed E-state index contributed by atoms with van der Waals surface area (Å²) in [5.74, 6) is -0.771.